The maximum Gasteiger partial charge on any atom is 0.411 e. The van der Waals surface area contributed by atoms with Gasteiger partial charge in [-0.15, -0.1) is 0 Å². The zero-order valence-electron chi connectivity index (χ0n) is 31.0. The van der Waals surface area contributed by atoms with E-state index < -0.39 is 70.0 Å². The van der Waals surface area contributed by atoms with Crippen molar-refractivity contribution in [1.29, 1.82) is 0 Å². The minimum Gasteiger partial charge on any atom is -0.497 e. The lowest BCUT2D eigenvalue weighted by Gasteiger charge is -2.52. The van der Waals surface area contributed by atoms with E-state index in [0.29, 0.717) is 24.2 Å². The molecule has 3 saturated heterocycles. The molecule has 1 aromatic carbocycles. The summed E-state index contributed by atoms with van der Waals surface area (Å²) in [7, 11) is 1.53. The molecule has 3 aromatic rings. The molecule has 2 bridgehead atoms. The van der Waals surface area contributed by atoms with Gasteiger partial charge >= 0.3 is 12.1 Å². The second kappa shape index (κ2) is 13.0. The molecule has 0 N–H and O–H groups in total. The molecule has 0 spiro atoms. The van der Waals surface area contributed by atoms with E-state index in [2.05, 4.69) is 4.98 Å². The van der Waals surface area contributed by atoms with Gasteiger partial charge in [-0.3, -0.25) is 19.3 Å². The molecule has 2 unspecified atom stereocenters. The number of carbonyl (C=O) groups is 4. The summed E-state index contributed by atoms with van der Waals surface area (Å²) in [5.41, 5.74) is -0.398. The number of aryl methyl sites for hydroxylation is 1. The molecular weight excluding hydrogens is 709 g/mol. The van der Waals surface area contributed by atoms with Crippen molar-refractivity contribution < 1.29 is 42.5 Å². The topological polar surface area (TPSA) is 141 Å². The number of carbonyl (C=O) groups excluding carboxylic acids is 4. The van der Waals surface area contributed by atoms with Crippen molar-refractivity contribution in [2.45, 2.75) is 103 Å². The van der Waals surface area contributed by atoms with Gasteiger partial charge in [-0.05, 0) is 84.6 Å². The number of likely N-dealkylation sites (tertiary alicyclic amines) is 1. The van der Waals surface area contributed by atoms with Crippen molar-refractivity contribution >= 4 is 51.9 Å². The van der Waals surface area contributed by atoms with Gasteiger partial charge < -0.3 is 28.7 Å². The molecule has 6 atom stereocenters. The van der Waals surface area contributed by atoms with E-state index in [-0.39, 0.29) is 59.5 Å². The summed E-state index contributed by atoms with van der Waals surface area (Å²) in [5.74, 6) is -4.20. The zero-order valence-corrected chi connectivity index (χ0v) is 31.7. The lowest BCUT2D eigenvalue weighted by molar-refractivity contribution is -0.152. The van der Waals surface area contributed by atoms with Crippen molar-refractivity contribution in [3.63, 3.8) is 0 Å². The predicted octanol–water partition coefficient (Wildman–Crippen LogP) is 5.70. The number of fused-ring (bicyclic) bond motifs is 5. The Kier molecular flexibility index (Phi) is 8.98. The number of pyridine rings is 2. The number of esters is 1. The summed E-state index contributed by atoms with van der Waals surface area (Å²) in [5, 5.41) is -0.134. The second-order valence-electron chi connectivity index (χ2n) is 15.4. The van der Waals surface area contributed by atoms with Crippen LogP contribution in [0.1, 0.15) is 77.2 Å². The van der Waals surface area contributed by atoms with Crippen molar-refractivity contribution in [2.75, 3.05) is 25.2 Å². The highest BCUT2D eigenvalue weighted by molar-refractivity contribution is 6.42. The fourth-order valence-corrected chi connectivity index (χ4v) is 8.77. The van der Waals surface area contributed by atoms with E-state index in [1.807, 2.05) is 39.5 Å². The van der Waals surface area contributed by atoms with Gasteiger partial charge in [0.05, 0.1) is 48.5 Å². The number of Topliss-reactive ketones (excluding diaryl/α,β-unsaturated/α-hetero) is 1. The Balaban J connectivity index is 1.44. The van der Waals surface area contributed by atoms with Crippen LogP contribution in [0.4, 0.5) is 15.0 Å². The zero-order chi connectivity index (χ0) is 38.3. The standard InChI is InChI=1S/C38H43ClFN5O8/c1-9-51-35(48)25-29(43(34(47)30(25)46)16-20-10-12-21(50-8)13-11-20)27-18(2)23-24-32(41-27)44-17-38(7)15-14-22(45(38)36(49)53-37(4,5)6)28(44)19(3)52-33(24)42-31(39)26(23)40/h10-13,19,22,25,28-29H,9,14-17H2,1-8H3/t19-,22-,25?,28+,29?,38+/m0/s1. The van der Waals surface area contributed by atoms with Crippen LogP contribution in [0.3, 0.4) is 0 Å². The minimum atomic E-state index is -1.58. The van der Waals surface area contributed by atoms with Gasteiger partial charge in [-0.1, -0.05) is 23.7 Å². The van der Waals surface area contributed by atoms with Gasteiger partial charge in [0, 0.05) is 18.5 Å². The fourth-order valence-electron chi connectivity index (χ4n) is 8.59. The molecule has 13 nitrogen and oxygen atoms in total. The fraction of sp³-hybridized carbons (Fsp3) is 0.526. The number of hydrogen-bond donors (Lipinski definition) is 0. The van der Waals surface area contributed by atoms with Crippen molar-refractivity contribution in [1.82, 2.24) is 19.8 Å². The monoisotopic (exact) mass is 751 g/mol. The molecule has 4 aliphatic heterocycles. The van der Waals surface area contributed by atoms with Crippen LogP contribution in [-0.4, -0.2) is 93.1 Å². The van der Waals surface area contributed by atoms with Gasteiger partial charge in [0.25, 0.3) is 5.91 Å². The van der Waals surface area contributed by atoms with Crippen molar-refractivity contribution in [3.05, 3.63) is 52.1 Å². The maximum atomic E-state index is 16.5. The van der Waals surface area contributed by atoms with Crippen LogP contribution in [-0.2, 0) is 30.4 Å². The van der Waals surface area contributed by atoms with Crippen LogP contribution in [0, 0.1) is 18.7 Å². The van der Waals surface area contributed by atoms with Crippen LogP contribution < -0.4 is 14.4 Å². The number of piperazine rings is 1. The van der Waals surface area contributed by atoms with E-state index in [4.69, 9.17) is 35.5 Å². The number of aromatic nitrogens is 2. The van der Waals surface area contributed by atoms with Crippen LogP contribution in [0.5, 0.6) is 11.6 Å². The van der Waals surface area contributed by atoms with Gasteiger partial charge in [0.15, 0.2) is 16.9 Å². The number of ether oxygens (including phenoxy) is 4. The molecule has 2 aromatic heterocycles. The summed E-state index contributed by atoms with van der Waals surface area (Å²) < 4.78 is 39.5. The Hall–Kier alpha value is -4.72. The van der Waals surface area contributed by atoms with Gasteiger partial charge in [0.2, 0.25) is 11.7 Å². The summed E-state index contributed by atoms with van der Waals surface area (Å²) in [6, 6.07) is 4.81. The first-order valence-electron chi connectivity index (χ1n) is 17.8. The highest BCUT2D eigenvalue weighted by Crippen LogP contribution is 2.51. The van der Waals surface area contributed by atoms with E-state index in [9.17, 15) is 19.2 Å². The molecule has 0 aliphatic carbocycles. The van der Waals surface area contributed by atoms with E-state index in [1.165, 1.54) is 12.0 Å². The maximum absolute atomic E-state index is 16.5. The predicted molar refractivity (Wildman–Crippen MR) is 191 cm³/mol. The molecule has 3 fully saturated rings. The molecule has 2 amide bonds. The normalized spacial score (nSPS) is 26.4. The Labute approximate surface area is 311 Å². The highest BCUT2D eigenvalue weighted by Gasteiger charge is 2.60. The number of hydrogen-bond acceptors (Lipinski definition) is 11. The average molecular weight is 752 g/mol. The first kappa shape index (κ1) is 36.6. The third-order valence-corrected chi connectivity index (χ3v) is 11.1. The van der Waals surface area contributed by atoms with Gasteiger partial charge in [-0.2, -0.15) is 4.98 Å². The Morgan fingerprint density at radius 1 is 1.13 bits per heavy atom. The quantitative estimate of drug-likeness (QED) is 0.133. The van der Waals surface area contributed by atoms with Gasteiger partial charge in [-0.25, -0.2) is 14.2 Å². The summed E-state index contributed by atoms with van der Waals surface area (Å²) >= 11 is 6.45. The van der Waals surface area contributed by atoms with Crippen LogP contribution >= 0.6 is 11.6 Å². The number of halogens is 2. The molecule has 4 aliphatic rings. The van der Waals surface area contributed by atoms with Gasteiger partial charge in [0.1, 0.15) is 23.3 Å². The Bertz CT molecular complexity index is 2040. The largest absolute Gasteiger partial charge is 0.497 e. The van der Waals surface area contributed by atoms with E-state index >= 15 is 4.39 Å². The summed E-state index contributed by atoms with van der Waals surface area (Å²) in [6.45, 7) is 12.7. The molecular formula is C38H43ClFN5O8. The van der Waals surface area contributed by atoms with Crippen LogP contribution in [0.25, 0.3) is 10.8 Å². The average Bonchev–Trinajstić information content (AvgIpc) is 3.44. The number of amides is 2. The van der Waals surface area contributed by atoms with E-state index in [1.54, 1.807) is 43.0 Å². The molecule has 7 rings (SSSR count). The Morgan fingerprint density at radius 2 is 1.83 bits per heavy atom. The first-order valence-corrected chi connectivity index (χ1v) is 18.2. The number of ketones is 1. The third-order valence-electron chi connectivity index (χ3n) is 10.8. The number of anilines is 1. The smallest absolute Gasteiger partial charge is 0.411 e. The molecule has 0 radical (unpaired) electrons. The SMILES string of the molecule is CCOC(=O)C1C(=O)C(=O)N(Cc2ccc(OC)cc2)C1c1nc2c3c(nc(Cl)c(F)c3c1C)O[C@@H](C)[C@@H]1[C@@H]3CC[C@](C)(CN21)N3C(=O)OC(C)(C)C. The second-order valence-corrected chi connectivity index (χ2v) is 15.8. The molecule has 0 saturated carbocycles. The molecule has 53 heavy (non-hydrogen) atoms. The number of nitrogens with zero attached hydrogens (tertiary/aromatic N) is 5. The summed E-state index contributed by atoms with van der Waals surface area (Å²) in [6.07, 6.45) is 0.263. The summed E-state index contributed by atoms with van der Waals surface area (Å²) in [4.78, 5) is 69.6. The van der Waals surface area contributed by atoms with Crippen LogP contribution in [0.2, 0.25) is 5.15 Å². The molecule has 282 valence electrons. The van der Waals surface area contributed by atoms with Crippen LogP contribution in [0.15, 0.2) is 24.3 Å². The molecule has 6 heterocycles. The van der Waals surface area contributed by atoms with E-state index in [0.717, 1.165) is 0 Å². The number of rotatable bonds is 6. The van der Waals surface area contributed by atoms with Crippen molar-refractivity contribution in [3.8, 4) is 11.6 Å². The minimum absolute atomic E-state index is 0.0323. The van der Waals surface area contributed by atoms with Crippen molar-refractivity contribution in [2.24, 2.45) is 5.92 Å². The molecule has 15 heteroatoms. The highest BCUT2D eigenvalue weighted by atomic mass is 35.5. The number of benzene rings is 1. The Morgan fingerprint density at radius 3 is 2.47 bits per heavy atom. The lowest BCUT2D eigenvalue weighted by Crippen LogP contribution is -2.69. The first-order chi connectivity index (χ1) is 25.0. The number of methoxy groups -OCH3 is 1. The third kappa shape index (κ3) is 5.89. The lowest BCUT2D eigenvalue weighted by atomic mass is 9.90.